The summed E-state index contributed by atoms with van der Waals surface area (Å²) in [5.74, 6) is -1.28. The van der Waals surface area contributed by atoms with Crippen molar-refractivity contribution >= 4 is 11.8 Å². The minimum absolute atomic E-state index is 0.0456. The molecule has 1 heterocycles. The number of carboxylic acid groups (broad SMARTS) is 1. The van der Waals surface area contributed by atoms with Gasteiger partial charge in [-0.15, -0.1) is 0 Å². The predicted molar refractivity (Wildman–Crippen MR) is 132 cm³/mol. The normalized spacial score (nSPS) is 61.3. The van der Waals surface area contributed by atoms with Crippen LogP contribution in [0.2, 0.25) is 0 Å². The number of aliphatic hydroxyl groups is 1. The van der Waals surface area contributed by atoms with Crippen molar-refractivity contribution in [2.45, 2.75) is 112 Å². The van der Waals surface area contributed by atoms with Crippen LogP contribution < -0.4 is 0 Å². The Hall–Kier alpha value is -0.940. The Morgan fingerprint density at radius 3 is 2.20 bits per heavy atom. The van der Waals surface area contributed by atoms with Crippen LogP contribution in [0.5, 0.6) is 0 Å². The molecule has 5 aliphatic carbocycles. The number of carboxylic acids is 1. The van der Waals surface area contributed by atoms with Crippen molar-refractivity contribution in [2.75, 3.05) is 6.61 Å². The summed E-state index contributed by atoms with van der Waals surface area (Å²) in [5.41, 5.74) is -0.236. The Kier molecular flexibility index (Phi) is 4.69. The van der Waals surface area contributed by atoms with Crippen molar-refractivity contribution in [3.05, 3.63) is 0 Å². The van der Waals surface area contributed by atoms with Gasteiger partial charge in [-0.25, -0.2) is 0 Å². The van der Waals surface area contributed by atoms with Gasteiger partial charge in [-0.2, -0.15) is 0 Å². The molecule has 35 heavy (non-hydrogen) atoms. The third-order valence-electron chi connectivity index (χ3n) is 14.5. The molecule has 196 valence electrons. The van der Waals surface area contributed by atoms with Gasteiger partial charge < -0.3 is 14.9 Å². The van der Waals surface area contributed by atoms with E-state index in [1.807, 2.05) is 6.92 Å². The highest BCUT2D eigenvalue weighted by atomic mass is 16.6. The average molecular weight is 487 g/mol. The number of Topliss-reactive ketones (excluding diaryl/α,β-unsaturated/α-hetero) is 1. The molecule has 5 heteroatoms. The summed E-state index contributed by atoms with van der Waals surface area (Å²) in [5, 5.41) is 21.2. The maximum atomic E-state index is 13.2. The second-order valence-electron chi connectivity index (χ2n) is 15.3. The van der Waals surface area contributed by atoms with Crippen LogP contribution in [-0.4, -0.2) is 34.4 Å². The van der Waals surface area contributed by atoms with Crippen molar-refractivity contribution in [1.29, 1.82) is 0 Å². The zero-order chi connectivity index (χ0) is 25.4. The van der Waals surface area contributed by atoms with Crippen molar-refractivity contribution < 1.29 is 24.5 Å². The first-order chi connectivity index (χ1) is 16.1. The molecular formula is C30H46O5. The van der Waals surface area contributed by atoms with Crippen LogP contribution in [0.1, 0.15) is 106 Å². The number of ketones is 1. The summed E-state index contributed by atoms with van der Waals surface area (Å²) in [6.07, 6.45) is 9.75. The number of carbonyl (C=O) groups is 2. The number of fused-ring (bicyclic) bond motifs is 7. The molecule has 3 unspecified atom stereocenters. The summed E-state index contributed by atoms with van der Waals surface area (Å²) in [4.78, 5) is 25.5. The second-order valence-corrected chi connectivity index (χ2v) is 15.3. The van der Waals surface area contributed by atoms with Crippen LogP contribution in [0.25, 0.3) is 0 Å². The van der Waals surface area contributed by atoms with Crippen LogP contribution >= 0.6 is 0 Å². The van der Waals surface area contributed by atoms with Crippen LogP contribution in [0.4, 0.5) is 0 Å². The Balaban J connectivity index is 1.41. The van der Waals surface area contributed by atoms with E-state index < -0.39 is 17.2 Å². The summed E-state index contributed by atoms with van der Waals surface area (Å²) in [6, 6.07) is 0. The maximum Gasteiger partial charge on any atom is 0.309 e. The molecule has 1 spiro atoms. The Bertz CT molecular complexity index is 993. The number of aliphatic carboxylic acids is 1. The minimum atomic E-state index is -1.58. The van der Waals surface area contributed by atoms with Crippen LogP contribution in [0, 0.1) is 56.2 Å². The van der Waals surface area contributed by atoms with E-state index in [-0.39, 0.29) is 44.7 Å². The highest BCUT2D eigenvalue weighted by Crippen LogP contribution is 2.79. The first-order valence-corrected chi connectivity index (χ1v) is 14.2. The van der Waals surface area contributed by atoms with Crippen molar-refractivity contribution in [2.24, 2.45) is 56.2 Å². The summed E-state index contributed by atoms with van der Waals surface area (Å²) < 4.78 is 5.91. The van der Waals surface area contributed by atoms with Crippen LogP contribution in [-0.2, 0) is 14.3 Å². The van der Waals surface area contributed by atoms with Crippen LogP contribution in [0.15, 0.2) is 0 Å². The maximum absolute atomic E-state index is 13.2. The first-order valence-electron chi connectivity index (χ1n) is 14.2. The van der Waals surface area contributed by atoms with Crippen LogP contribution in [0.3, 0.4) is 0 Å². The van der Waals surface area contributed by atoms with E-state index in [0.29, 0.717) is 24.9 Å². The van der Waals surface area contributed by atoms with E-state index in [1.54, 1.807) is 0 Å². The molecule has 6 fully saturated rings. The van der Waals surface area contributed by atoms with Gasteiger partial charge in [0.25, 0.3) is 0 Å². The van der Waals surface area contributed by atoms with E-state index in [0.717, 1.165) is 44.9 Å². The van der Waals surface area contributed by atoms with Gasteiger partial charge in [-0.1, -0.05) is 34.6 Å². The zero-order valence-electron chi connectivity index (χ0n) is 22.7. The lowest BCUT2D eigenvalue weighted by atomic mass is 9.30. The SMILES string of the molecule is C[C@@H]1[C@@]23CCC4[C@@](C)(CC[C@@]5(C)C6C[C@](C)(C(=O)O)CC[C@]6(C)CC[C@]45C)C2CC(=O)[C@]1(O)OC3. The molecule has 0 aromatic carbocycles. The molecule has 2 N–H and O–H groups in total. The highest BCUT2D eigenvalue weighted by Gasteiger charge is 2.75. The molecule has 11 atom stereocenters. The fraction of sp³-hybridized carbons (Fsp3) is 0.933. The number of ether oxygens (including phenoxy) is 1. The van der Waals surface area contributed by atoms with E-state index in [9.17, 15) is 19.8 Å². The Labute approximate surface area is 210 Å². The lowest BCUT2D eigenvalue weighted by Crippen LogP contribution is -2.69. The van der Waals surface area contributed by atoms with Crippen molar-refractivity contribution in [3.8, 4) is 0 Å². The Morgan fingerprint density at radius 1 is 0.886 bits per heavy atom. The summed E-state index contributed by atoms with van der Waals surface area (Å²) in [6.45, 7) is 14.5. The van der Waals surface area contributed by atoms with Crippen molar-refractivity contribution in [1.82, 2.24) is 0 Å². The van der Waals surface area contributed by atoms with Gasteiger partial charge in [0, 0.05) is 17.8 Å². The smallest absolute Gasteiger partial charge is 0.309 e. The molecule has 5 nitrogen and oxygen atoms in total. The van der Waals surface area contributed by atoms with Gasteiger partial charge in [-0.05, 0) is 104 Å². The second kappa shape index (κ2) is 6.73. The minimum Gasteiger partial charge on any atom is -0.481 e. The van der Waals surface area contributed by atoms with Gasteiger partial charge in [0.1, 0.15) is 0 Å². The molecule has 0 aromatic heterocycles. The molecule has 2 bridgehead atoms. The molecule has 1 saturated heterocycles. The molecule has 0 radical (unpaired) electrons. The van der Waals surface area contributed by atoms with E-state index in [1.165, 1.54) is 12.8 Å². The van der Waals surface area contributed by atoms with Gasteiger partial charge in [-0.3, -0.25) is 9.59 Å². The van der Waals surface area contributed by atoms with Crippen molar-refractivity contribution in [3.63, 3.8) is 0 Å². The zero-order valence-corrected chi connectivity index (χ0v) is 22.7. The largest absolute Gasteiger partial charge is 0.481 e. The van der Waals surface area contributed by atoms with Gasteiger partial charge in [0.05, 0.1) is 12.0 Å². The predicted octanol–water partition coefficient (Wildman–Crippen LogP) is 5.83. The number of rotatable bonds is 1. The van der Waals surface area contributed by atoms with Gasteiger partial charge >= 0.3 is 5.97 Å². The number of hydrogen-bond donors (Lipinski definition) is 2. The lowest BCUT2D eigenvalue weighted by Gasteiger charge is -2.74. The molecule has 5 saturated carbocycles. The fourth-order valence-electron chi connectivity index (χ4n) is 11.7. The molecule has 6 aliphatic rings. The highest BCUT2D eigenvalue weighted by molar-refractivity contribution is 5.88. The van der Waals surface area contributed by atoms with Gasteiger partial charge in [0.15, 0.2) is 5.78 Å². The standard InChI is InChI=1S/C30H46O5/c1-18-29-8-7-19-26(4,20(29)15-22(31)30(18,34)35-17-29)12-14-28(6)21-16-25(3,23(32)33)10-9-24(21,2)11-13-27(19,28)5/h18-21,34H,7-17H2,1-6H3,(H,32,33)/t18-,19?,20?,21?,24-,25-,26-,27-,28+,29+,30-/m1/s1. The quantitative estimate of drug-likeness (QED) is 0.487. The topological polar surface area (TPSA) is 83.8 Å². The van der Waals surface area contributed by atoms with E-state index in [4.69, 9.17) is 4.74 Å². The summed E-state index contributed by atoms with van der Waals surface area (Å²) >= 11 is 0. The van der Waals surface area contributed by atoms with Gasteiger partial charge in [0.2, 0.25) is 5.79 Å². The number of carbonyl (C=O) groups excluding carboxylic acids is 1. The summed E-state index contributed by atoms with van der Waals surface area (Å²) in [7, 11) is 0. The monoisotopic (exact) mass is 486 g/mol. The molecule has 1 aliphatic heterocycles. The molecule has 6 rings (SSSR count). The molecular weight excluding hydrogens is 440 g/mol. The third kappa shape index (κ3) is 2.59. The molecule has 0 aromatic rings. The third-order valence-corrected chi connectivity index (χ3v) is 14.5. The van der Waals surface area contributed by atoms with E-state index >= 15 is 0 Å². The lowest BCUT2D eigenvalue weighted by molar-refractivity contribution is -0.261. The Morgan fingerprint density at radius 2 is 1.51 bits per heavy atom. The first kappa shape index (κ1) is 24.4. The average Bonchev–Trinajstić information content (AvgIpc) is 2.97. The molecule has 0 amide bonds. The van der Waals surface area contributed by atoms with E-state index in [2.05, 4.69) is 34.6 Å². The number of hydrogen-bond acceptors (Lipinski definition) is 4. The fourth-order valence-corrected chi connectivity index (χ4v) is 11.7.